The molecule has 3 aliphatic carbocycles. The van der Waals surface area contributed by atoms with Gasteiger partial charge in [-0.05, 0) is 129 Å². The van der Waals surface area contributed by atoms with Crippen LogP contribution in [0.3, 0.4) is 0 Å². The van der Waals surface area contributed by atoms with E-state index in [4.69, 9.17) is 14.2 Å². The molecule has 0 amide bonds. The molecule has 7 nitrogen and oxygen atoms in total. The maximum Gasteiger partial charge on any atom is 0.119 e. The van der Waals surface area contributed by atoms with Gasteiger partial charge in [0, 0.05) is 6.42 Å². The van der Waals surface area contributed by atoms with Crippen LogP contribution in [0.15, 0.2) is 72.8 Å². The predicted molar refractivity (Wildman–Crippen MR) is 237 cm³/mol. The second-order valence-corrected chi connectivity index (χ2v) is 17.4. The fourth-order valence-electron chi connectivity index (χ4n) is 8.48. The Morgan fingerprint density at radius 3 is 1.07 bits per heavy atom. The molecule has 0 heterocycles. The number of hydrogen-bond donors (Lipinski definition) is 4. The molecule has 0 aromatic heterocycles. The summed E-state index contributed by atoms with van der Waals surface area (Å²) in [5, 5.41) is 39.4. The van der Waals surface area contributed by atoms with Crippen LogP contribution in [0.1, 0.15) is 184 Å². The van der Waals surface area contributed by atoms with Crippen molar-refractivity contribution in [2.24, 2.45) is 17.8 Å². The zero-order valence-corrected chi connectivity index (χ0v) is 36.2. The van der Waals surface area contributed by atoms with Crippen LogP contribution in [-0.4, -0.2) is 46.4 Å². The minimum Gasteiger partial charge on any atom is -0.493 e. The van der Waals surface area contributed by atoms with E-state index in [9.17, 15) is 20.4 Å². The lowest BCUT2D eigenvalue weighted by atomic mass is 9.90. The van der Waals surface area contributed by atoms with Gasteiger partial charge in [0.05, 0.1) is 44.2 Å². The van der Waals surface area contributed by atoms with Crippen molar-refractivity contribution in [3.05, 3.63) is 89.5 Å². The highest BCUT2D eigenvalue weighted by atomic mass is 16.5. The molecule has 0 radical (unpaired) electrons. The number of benzene rings is 3. The van der Waals surface area contributed by atoms with E-state index >= 15 is 0 Å². The molecule has 324 valence electrons. The first-order valence-electron chi connectivity index (χ1n) is 23.1. The van der Waals surface area contributed by atoms with Gasteiger partial charge in [-0.25, -0.2) is 0 Å². The first kappa shape index (κ1) is 47.6. The molecule has 4 atom stereocenters. The van der Waals surface area contributed by atoms with E-state index in [0.717, 1.165) is 91.3 Å². The Bertz CT molecular complexity index is 1420. The average Bonchev–Trinajstić information content (AvgIpc) is 3.26. The van der Waals surface area contributed by atoms with Gasteiger partial charge < -0.3 is 34.6 Å². The summed E-state index contributed by atoms with van der Waals surface area (Å²) < 4.78 is 17.7. The zero-order chi connectivity index (χ0) is 41.4. The van der Waals surface area contributed by atoms with Crippen LogP contribution in [0.4, 0.5) is 0 Å². The van der Waals surface area contributed by atoms with Crippen LogP contribution in [0.25, 0.3) is 0 Å². The second kappa shape index (κ2) is 27.6. The molecule has 3 aliphatic rings. The predicted octanol–water partition coefficient (Wildman–Crippen LogP) is 12.4. The summed E-state index contributed by atoms with van der Waals surface area (Å²) in [5.74, 6) is 4.74. The highest BCUT2D eigenvalue weighted by molar-refractivity contribution is 5.31. The van der Waals surface area contributed by atoms with Crippen molar-refractivity contribution >= 4 is 0 Å². The molecule has 6 rings (SSSR count). The molecule has 0 bridgehead atoms. The molecule has 3 aromatic carbocycles. The number of hydrogen-bond acceptors (Lipinski definition) is 7. The topological polar surface area (TPSA) is 109 Å². The van der Waals surface area contributed by atoms with Gasteiger partial charge >= 0.3 is 0 Å². The standard InChI is InChI=1S/C17H26O3.2C17H26O2/c1-13(18)10-17(19)15-8-5-9-16(11-15)20-12-14-6-3-2-4-7-14;2*1-2-7-17(18)15-10-6-11-16(12-15)19-13-14-8-4-3-5-9-14/h5,8-9,11,13-14,17-19H,2-4,6-7,10,12H2,1H3;2*6,10-12,14,17-18H,2-5,7-9,13H2,1H3/t13-,17?;17-;/m01./s1. The third kappa shape index (κ3) is 18.4. The first-order chi connectivity index (χ1) is 28.2. The Hall–Kier alpha value is -3.10. The fourth-order valence-corrected chi connectivity index (χ4v) is 8.48. The molecular formula is C51H78O7. The van der Waals surface area contributed by atoms with Crippen LogP contribution in [0, 0.1) is 17.8 Å². The minimum atomic E-state index is -0.631. The highest BCUT2D eigenvalue weighted by Gasteiger charge is 2.17. The normalized spacial score (nSPS) is 18.7. The van der Waals surface area contributed by atoms with E-state index in [1.807, 2.05) is 72.8 Å². The van der Waals surface area contributed by atoms with Crippen molar-refractivity contribution in [1.82, 2.24) is 0 Å². The molecule has 0 aliphatic heterocycles. The third-order valence-electron chi connectivity index (χ3n) is 12.0. The van der Waals surface area contributed by atoms with E-state index in [2.05, 4.69) is 13.8 Å². The van der Waals surface area contributed by atoms with E-state index in [1.165, 1.54) is 96.3 Å². The smallest absolute Gasteiger partial charge is 0.119 e. The summed E-state index contributed by atoms with van der Waals surface area (Å²) in [6, 6.07) is 23.5. The summed E-state index contributed by atoms with van der Waals surface area (Å²) >= 11 is 0. The molecule has 0 saturated heterocycles. The number of ether oxygens (including phenoxy) is 3. The largest absolute Gasteiger partial charge is 0.493 e. The molecule has 3 aromatic rings. The van der Waals surface area contributed by atoms with Crippen molar-refractivity contribution in [2.75, 3.05) is 19.8 Å². The Balaban J connectivity index is 0.000000193. The molecule has 0 spiro atoms. The lowest BCUT2D eigenvalue weighted by Gasteiger charge is -2.22. The molecule has 3 fully saturated rings. The lowest BCUT2D eigenvalue weighted by molar-refractivity contribution is 0.0904. The van der Waals surface area contributed by atoms with Crippen molar-refractivity contribution < 1.29 is 34.6 Å². The summed E-state index contributed by atoms with van der Waals surface area (Å²) in [4.78, 5) is 0. The zero-order valence-electron chi connectivity index (χ0n) is 36.2. The molecule has 58 heavy (non-hydrogen) atoms. The van der Waals surface area contributed by atoms with Crippen molar-refractivity contribution in [1.29, 1.82) is 0 Å². The van der Waals surface area contributed by atoms with E-state index in [-0.39, 0.29) is 12.2 Å². The monoisotopic (exact) mass is 803 g/mol. The third-order valence-corrected chi connectivity index (χ3v) is 12.0. The Kier molecular flexibility index (Phi) is 22.7. The average molecular weight is 803 g/mol. The molecule has 2 unspecified atom stereocenters. The van der Waals surface area contributed by atoms with Crippen LogP contribution < -0.4 is 14.2 Å². The van der Waals surface area contributed by atoms with Crippen molar-refractivity contribution in [3.63, 3.8) is 0 Å². The van der Waals surface area contributed by atoms with Gasteiger partial charge in [-0.15, -0.1) is 0 Å². The van der Waals surface area contributed by atoms with E-state index in [0.29, 0.717) is 12.3 Å². The van der Waals surface area contributed by atoms with Gasteiger partial charge in [-0.3, -0.25) is 0 Å². The maximum atomic E-state index is 10.0. The van der Waals surface area contributed by atoms with Crippen LogP contribution >= 0.6 is 0 Å². The molecule has 3 saturated carbocycles. The van der Waals surface area contributed by atoms with Crippen molar-refractivity contribution in [3.8, 4) is 17.2 Å². The van der Waals surface area contributed by atoms with Crippen molar-refractivity contribution in [2.45, 2.75) is 174 Å². The van der Waals surface area contributed by atoms with Gasteiger partial charge in [-0.2, -0.15) is 0 Å². The van der Waals surface area contributed by atoms with Crippen LogP contribution in [0.5, 0.6) is 17.2 Å². The van der Waals surface area contributed by atoms with E-state index in [1.54, 1.807) is 6.92 Å². The molecular weight excluding hydrogens is 725 g/mol. The van der Waals surface area contributed by atoms with Gasteiger partial charge in [0.15, 0.2) is 0 Å². The second-order valence-electron chi connectivity index (χ2n) is 17.4. The van der Waals surface area contributed by atoms with Gasteiger partial charge in [0.25, 0.3) is 0 Å². The fraction of sp³-hybridized carbons (Fsp3) is 0.647. The van der Waals surface area contributed by atoms with E-state index < -0.39 is 12.2 Å². The Labute approximate surface area is 351 Å². The summed E-state index contributed by atoms with van der Waals surface area (Å²) in [5.41, 5.74) is 2.76. The number of rotatable bonds is 18. The van der Waals surface area contributed by atoms with Gasteiger partial charge in [0.1, 0.15) is 17.2 Å². The first-order valence-corrected chi connectivity index (χ1v) is 23.1. The van der Waals surface area contributed by atoms with Gasteiger partial charge in [-0.1, -0.05) is 121 Å². The van der Waals surface area contributed by atoms with Gasteiger partial charge in [0.2, 0.25) is 0 Å². The Morgan fingerprint density at radius 1 is 0.466 bits per heavy atom. The van der Waals surface area contributed by atoms with Crippen LogP contribution in [0.2, 0.25) is 0 Å². The SMILES string of the molecule is CCCC(O)c1cccc(OCC2CCCCC2)c1.CCC[C@@H](O)c1cccc(OCC2CCCCC2)c1.C[C@H](O)CC(O)c1cccc(OCC2CCCCC2)c1. The molecule has 7 heteroatoms. The number of aliphatic hydroxyl groups is 4. The number of aliphatic hydroxyl groups excluding tert-OH is 4. The van der Waals surface area contributed by atoms with Crippen LogP contribution in [-0.2, 0) is 0 Å². The maximum absolute atomic E-state index is 10.0. The molecule has 4 N–H and O–H groups in total. The summed E-state index contributed by atoms with van der Waals surface area (Å²) in [6.07, 6.45) is 22.0. The summed E-state index contributed by atoms with van der Waals surface area (Å²) in [7, 11) is 0. The summed E-state index contributed by atoms with van der Waals surface area (Å²) in [6.45, 7) is 8.29. The lowest BCUT2D eigenvalue weighted by Crippen LogP contribution is -2.15. The minimum absolute atomic E-state index is 0.353. The highest BCUT2D eigenvalue weighted by Crippen LogP contribution is 2.30. The quantitative estimate of drug-likeness (QED) is 0.101. The Morgan fingerprint density at radius 2 is 0.776 bits per heavy atom.